The number of amides is 2. The van der Waals surface area contributed by atoms with Crippen LogP contribution in [-0.4, -0.2) is 61.3 Å². The number of nitrogens with one attached hydrogen (secondary N) is 1. The Bertz CT molecular complexity index is 1620. The Morgan fingerprint density at radius 1 is 1.00 bits per heavy atom. The molecule has 1 aliphatic rings. The summed E-state index contributed by atoms with van der Waals surface area (Å²) in [5, 5.41) is 8.21. The van der Waals surface area contributed by atoms with E-state index in [9.17, 15) is 9.59 Å². The quantitative estimate of drug-likeness (QED) is 0.248. The summed E-state index contributed by atoms with van der Waals surface area (Å²) in [5.74, 6) is 2.10. The van der Waals surface area contributed by atoms with E-state index in [-0.39, 0.29) is 30.2 Å². The van der Waals surface area contributed by atoms with Crippen molar-refractivity contribution in [2.75, 3.05) is 38.5 Å². The number of hydrogen-bond acceptors (Lipinski definition) is 7. The molecule has 9 nitrogen and oxygen atoms in total. The van der Waals surface area contributed by atoms with E-state index in [0.29, 0.717) is 39.5 Å². The van der Waals surface area contributed by atoms with E-state index < -0.39 is 5.25 Å². The molecule has 11 heteroatoms. The second-order valence-electron chi connectivity index (χ2n) is 10.2. The number of nitrogens with zero attached hydrogens (tertiary/aromatic N) is 3. The number of aromatic nitrogens is 2. The average molecular weight is 621 g/mol. The van der Waals surface area contributed by atoms with Crippen molar-refractivity contribution in [3.05, 3.63) is 82.9 Å². The summed E-state index contributed by atoms with van der Waals surface area (Å²) in [4.78, 5) is 28.6. The molecule has 0 spiro atoms. The fourth-order valence-corrected chi connectivity index (χ4v) is 6.38. The van der Waals surface area contributed by atoms with Crippen LogP contribution < -0.4 is 24.4 Å². The Labute approximate surface area is 260 Å². The van der Waals surface area contributed by atoms with Gasteiger partial charge in [0.15, 0.2) is 0 Å². The minimum absolute atomic E-state index is 0.0895. The third-order valence-electron chi connectivity index (χ3n) is 6.99. The lowest BCUT2D eigenvalue weighted by molar-refractivity contribution is -0.123. The minimum atomic E-state index is -0.403. The molecule has 1 N–H and O–H groups in total. The van der Waals surface area contributed by atoms with Gasteiger partial charge in [-0.3, -0.25) is 14.5 Å². The molecule has 0 saturated heterocycles. The van der Waals surface area contributed by atoms with Crippen molar-refractivity contribution in [1.29, 1.82) is 0 Å². The molecule has 2 amide bonds. The van der Waals surface area contributed by atoms with Crippen LogP contribution in [0.15, 0.2) is 66.7 Å². The van der Waals surface area contributed by atoms with E-state index in [2.05, 4.69) is 5.32 Å². The Balaban J connectivity index is 1.83. The summed E-state index contributed by atoms with van der Waals surface area (Å²) >= 11 is 7.72. The molecule has 1 aliphatic heterocycles. The first-order chi connectivity index (χ1) is 20.7. The van der Waals surface area contributed by atoms with E-state index in [0.717, 1.165) is 16.7 Å². The molecule has 224 valence electrons. The second kappa shape index (κ2) is 13.0. The Morgan fingerprint density at radius 2 is 1.67 bits per heavy atom. The number of carbonyl (C=O) groups is 2. The molecule has 0 aliphatic carbocycles. The normalized spacial score (nSPS) is 14.7. The van der Waals surface area contributed by atoms with Crippen molar-refractivity contribution in [2.24, 2.45) is 0 Å². The van der Waals surface area contributed by atoms with E-state index in [1.807, 2.05) is 68.4 Å². The fourth-order valence-electron chi connectivity index (χ4n) is 5.04. The first-order valence-electron chi connectivity index (χ1n) is 13.7. The molecule has 0 bridgehead atoms. The van der Waals surface area contributed by atoms with Gasteiger partial charge in [-0.25, -0.2) is 4.68 Å². The van der Waals surface area contributed by atoms with Crippen molar-refractivity contribution >= 4 is 41.0 Å². The Hall–Kier alpha value is -4.15. The highest BCUT2D eigenvalue weighted by Gasteiger charge is 2.39. The molecular formula is C32H33ClN4O5S. The van der Waals surface area contributed by atoms with Crippen LogP contribution in [0.2, 0.25) is 5.02 Å². The van der Waals surface area contributed by atoms with Gasteiger partial charge in [0.1, 0.15) is 29.6 Å². The lowest BCUT2D eigenvalue weighted by Crippen LogP contribution is -2.44. The summed E-state index contributed by atoms with van der Waals surface area (Å²) in [6.45, 7) is 3.60. The number of ether oxygens (including phenoxy) is 3. The number of thioether (sulfide) groups is 1. The van der Waals surface area contributed by atoms with Crippen LogP contribution in [0.3, 0.4) is 0 Å². The van der Waals surface area contributed by atoms with E-state index in [4.69, 9.17) is 30.9 Å². The second-order valence-corrected chi connectivity index (χ2v) is 11.7. The van der Waals surface area contributed by atoms with Gasteiger partial charge in [-0.15, -0.1) is 11.8 Å². The van der Waals surface area contributed by atoms with Crippen LogP contribution >= 0.6 is 23.4 Å². The zero-order valence-corrected chi connectivity index (χ0v) is 26.2. The molecular weight excluding hydrogens is 588 g/mol. The number of methoxy groups -OCH3 is 3. The molecule has 4 aromatic rings. The van der Waals surface area contributed by atoms with Crippen LogP contribution in [0.1, 0.15) is 30.2 Å². The van der Waals surface area contributed by atoms with Gasteiger partial charge in [-0.05, 0) is 68.4 Å². The molecule has 1 atom stereocenters. The molecule has 3 aromatic carbocycles. The number of carbonyl (C=O) groups excluding carboxylic acids is 2. The van der Waals surface area contributed by atoms with Crippen molar-refractivity contribution in [1.82, 2.24) is 15.1 Å². The smallest absolute Gasteiger partial charge is 0.240 e. The number of fused-ring (bicyclic) bond motifs is 1. The predicted octanol–water partition coefficient (Wildman–Crippen LogP) is 5.91. The molecule has 0 saturated carbocycles. The van der Waals surface area contributed by atoms with Gasteiger partial charge in [-0.1, -0.05) is 23.7 Å². The van der Waals surface area contributed by atoms with Crippen LogP contribution in [0, 0.1) is 0 Å². The third-order valence-corrected chi connectivity index (χ3v) is 8.48. The van der Waals surface area contributed by atoms with Crippen LogP contribution in [0.25, 0.3) is 16.9 Å². The Morgan fingerprint density at radius 3 is 2.30 bits per heavy atom. The molecule has 0 radical (unpaired) electrons. The highest BCUT2D eigenvalue weighted by Crippen LogP contribution is 2.51. The monoisotopic (exact) mass is 620 g/mol. The molecule has 43 heavy (non-hydrogen) atoms. The molecule has 0 fully saturated rings. The highest BCUT2D eigenvalue weighted by molar-refractivity contribution is 8.00. The van der Waals surface area contributed by atoms with Gasteiger partial charge < -0.3 is 19.5 Å². The van der Waals surface area contributed by atoms with Gasteiger partial charge in [0.05, 0.1) is 43.7 Å². The maximum Gasteiger partial charge on any atom is 0.240 e. The summed E-state index contributed by atoms with van der Waals surface area (Å²) in [5.41, 5.74) is 3.73. The number of hydrogen-bond donors (Lipinski definition) is 1. The lowest BCUT2D eigenvalue weighted by atomic mass is 9.98. The maximum absolute atomic E-state index is 13.9. The Kier molecular flexibility index (Phi) is 9.17. The largest absolute Gasteiger partial charge is 0.497 e. The number of benzene rings is 3. The summed E-state index contributed by atoms with van der Waals surface area (Å²) in [7, 11) is 4.82. The van der Waals surface area contributed by atoms with Gasteiger partial charge in [0.25, 0.3) is 0 Å². The zero-order valence-electron chi connectivity index (χ0n) is 24.6. The summed E-state index contributed by atoms with van der Waals surface area (Å²) in [6, 6.07) is 20.3. The van der Waals surface area contributed by atoms with Crippen LogP contribution in [0.5, 0.6) is 17.2 Å². The standard InChI is InChI=1S/C32H33ClN4O5S/c1-19(2)34-27(38)17-36-28(39)18-43-31(25-16-24(41-4)14-15-26(25)42-5)29-30(20-6-8-21(33)9-7-20)35-37(32(29)36)22-10-12-23(40-3)13-11-22/h6-16,19,31H,17-18H2,1-5H3,(H,34,38)/t31-/m0/s1. The van der Waals surface area contributed by atoms with E-state index in [1.165, 1.54) is 16.7 Å². The van der Waals surface area contributed by atoms with Gasteiger partial charge in [-0.2, -0.15) is 5.10 Å². The average Bonchev–Trinajstić information content (AvgIpc) is 3.33. The van der Waals surface area contributed by atoms with Gasteiger partial charge in [0, 0.05) is 27.8 Å². The minimum Gasteiger partial charge on any atom is -0.497 e. The number of rotatable bonds is 9. The van der Waals surface area contributed by atoms with Crippen molar-refractivity contribution < 1.29 is 23.8 Å². The highest BCUT2D eigenvalue weighted by atomic mass is 35.5. The predicted molar refractivity (Wildman–Crippen MR) is 170 cm³/mol. The summed E-state index contributed by atoms with van der Waals surface area (Å²) in [6.07, 6.45) is 0. The van der Waals surface area contributed by atoms with E-state index >= 15 is 0 Å². The SMILES string of the molecule is COc1ccc(-n2nc(-c3ccc(Cl)cc3)c3c2N(CC(=O)NC(C)C)C(=O)CS[C@H]3c2cc(OC)ccc2OC)cc1. The van der Waals surface area contributed by atoms with Crippen molar-refractivity contribution in [3.63, 3.8) is 0 Å². The summed E-state index contributed by atoms with van der Waals surface area (Å²) < 4.78 is 18.5. The van der Waals surface area contributed by atoms with Gasteiger partial charge >= 0.3 is 0 Å². The lowest BCUT2D eigenvalue weighted by Gasteiger charge is -2.24. The molecule has 2 heterocycles. The molecule has 5 rings (SSSR count). The first-order valence-corrected chi connectivity index (χ1v) is 15.1. The first kappa shape index (κ1) is 30.3. The zero-order chi connectivity index (χ0) is 30.7. The van der Waals surface area contributed by atoms with Crippen molar-refractivity contribution in [3.8, 4) is 34.2 Å². The molecule has 0 unspecified atom stereocenters. The van der Waals surface area contributed by atoms with Crippen LogP contribution in [0.4, 0.5) is 5.82 Å². The van der Waals surface area contributed by atoms with Crippen molar-refractivity contribution in [2.45, 2.75) is 25.1 Å². The number of halogens is 1. The van der Waals surface area contributed by atoms with E-state index in [1.54, 1.807) is 38.1 Å². The van der Waals surface area contributed by atoms with Gasteiger partial charge in [0.2, 0.25) is 11.8 Å². The third kappa shape index (κ3) is 6.30. The van der Waals surface area contributed by atoms with Crippen LogP contribution in [-0.2, 0) is 9.59 Å². The fraction of sp³-hybridized carbons (Fsp3) is 0.281. The topological polar surface area (TPSA) is 94.9 Å². The maximum atomic E-state index is 13.9. The molecule has 1 aromatic heterocycles. The number of anilines is 1.